The molecule has 3 atom stereocenters. The summed E-state index contributed by atoms with van der Waals surface area (Å²) >= 11 is 0. The van der Waals surface area contributed by atoms with Crippen molar-refractivity contribution in [1.29, 1.82) is 0 Å². The maximum atomic E-state index is 9.52. The Labute approximate surface area is 76.2 Å². The zero-order chi connectivity index (χ0) is 8.97. The van der Waals surface area contributed by atoms with Crippen LogP contribution >= 0.6 is 0 Å². The summed E-state index contributed by atoms with van der Waals surface area (Å²) in [4.78, 5) is 0. The van der Waals surface area contributed by atoms with Crippen LogP contribution in [-0.2, 0) is 0 Å². The molecule has 0 bridgehead atoms. The van der Waals surface area contributed by atoms with Gasteiger partial charge in [-0.3, -0.25) is 0 Å². The van der Waals surface area contributed by atoms with Crippen LogP contribution in [0.25, 0.3) is 0 Å². The molecule has 1 nitrogen and oxygen atoms in total. The number of hydrogen-bond acceptors (Lipinski definition) is 1. The molecule has 72 valence electrons. The van der Waals surface area contributed by atoms with Gasteiger partial charge in [0.25, 0.3) is 0 Å². The molecule has 0 saturated heterocycles. The highest BCUT2D eigenvalue weighted by atomic mass is 16.3. The molecule has 3 unspecified atom stereocenters. The number of hydrogen-bond donors (Lipinski definition) is 1. The monoisotopic (exact) mass is 170 g/mol. The summed E-state index contributed by atoms with van der Waals surface area (Å²) in [7, 11) is 0. The first-order valence-corrected chi connectivity index (χ1v) is 5.46. The van der Waals surface area contributed by atoms with E-state index in [1.54, 1.807) is 0 Å². The van der Waals surface area contributed by atoms with Crippen LogP contribution in [0.5, 0.6) is 0 Å². The van der Waals surface area contributed by atoms with E-state index in [-0.39, 0.29) is 6.10 Å². The topological polar surface area (TPSA) is 20.2 Å². The number of aliphatic hydroxyl groups is 1. The highest BCUT2D eigenvalue weighted by Crippen LogP contribution is 2.35. The molecule has 1 aliphatic rings. The van der Waals surface area contributed by atoms with Crippen molar-refractivity contribution in [2.24, 2.45) is 11.8 Å². The van der Waals surface area contributed by atoms with E-state index in [9.17, 15) is 5.11 Å². The summed E-state index contributed by atoms with van der Waals surface area (Å²) in [5.41, 5.74) is 0. The molecule has 1 N–H and O–H groups in total. The van der Waals surface area contributed by atoms with Gasteiger partial charge in [-0.05, 0) is 31.1 Å². The Morgan fingerprint density at radius 1 is 1.17 bits per heavy atom. The van der Waals surface area contributed by atoms with Gasteiger partial charge in [0.1, 0.15) is 0 Å². The van der Waals surface area contributed by atoms with Gasteiger partial charge in [-0.1, -0.05) is 33.1 Å². The smallest absolute Gasteiger partial charge is 0.0543 e. The van der Waals surface area contributed by atoms with Gasteiger partial charge in [0.15, 0.2) is 0 Å². The Kier molecular flexibility index (Phi) is 4.07. The largest absolute Gasteiger partial charge is 0.393 e. The average Bonchev–Trinajstić information content (AvgIpc) is 2.05. The molecule has 0 spiro atoms. The Hall–Kier alpha value is -0.0400. The van der Waals surface area contributed by atoms with E-state index < -0.39 is 0 Å². The Morgan fingerprint density at radius 3 is 2.50 bits per heavy atom. The van der Waals surface area contributed by atoms with Crippen LogP contribution in [0.4, 0.5) is 0 Å². The Bertz CT molecular complexity index is 122. The van der Waals surface area contributed by atoms with Crippen molar-refractivity contribution in [3.63, 3.8) is 0 Å². The fourth-order valence-electron chi connectivity index (χ4n) is 2.56. The zero-order valence-corrected chi connectivity index (χ0v) is 8.42. The molecular weight excluding hydrogens is 148 g/mol. The summed E-state index contributed by atoms with van der Waals surface area (Å²) in [6.07, 6.45) is 7.25. The van der Waals surface area contributed by atoms with Crippen LogP contribution in [0, 0.1) is 11.8 Å². The molecule has 0 heterocycles. The molecular formula is C11H22O. The molecule has 0 radical (unpaired) electrons. The molecule has 0 aliphatic heterocycles. The van der Waals surface area contributed by atoms with Crippen molar-refractivity contribution < 1.29 is 5.11 Å². The molecule has 0 aromatic heterocycles. The van der Waals surface area contributed by atoms with Crippen LogP contribution in [0.1, 0.15) is 52.4 Å². The van der Waals surface area contributed by atoms with Crippen molar-refractivity contribution in [3.8, 4) is 0 Å². The third-order valence-electron chi connectivity index (χ3n) is 3.30. The summed E-state index contributed by atoms with van der Waals surface area (Å²) in [5.74, 6) is 1.71. The minimum absolute atomic E-state index is 0.00403. The predicted molar refractivity (Wildman–Crippen MR) is 52.0 cm³/mol. The molecule has 0 aromatic rings. The summed E-state index contributed by atoms with van der Waals surface area (Å²) in [6.45, 7) is 4.53. The lowest BCUT2D eigenvalue weighted by molar-refractivity contribution is 0.0634. The van der Waals surface area contributed by atoms with Gasteiger partial charge in [-0.2, -0.15) is 0 Å². The maximum Gasteiger partial charge on any atom is 0.0543 e. The number of aliphatic hydroxyl groups excluding tert-OH is 1. The minimum Gasteiger partial charge on any atom is -0.393 e. The van der Waals surface area contributed by atoms with Crippen LogP contribution in [0.2, 0.25) is 0 Å². The quantitative estimate of drug-likeness (QED) is 0.690. The Morgan fingerprint density at radius 2 is 1.92 bits per heavy atom. The normalized spacial score (nSPS) is 36.8. The van der Waals surface area contributed by atoms with Gasteiger partial charge < -0.3 is 5.11 Å². The summed E-state index contributed by atoms with van der Waals surface area (Å²) in [6, 6.07) is 0. The van der Waals surface area contributed by atoms with E-state index in [4.69, 9.17) is 0 Å². The highest BCUT2D eigenvalue weighted by Gasteiger charge is 2.27. The van der Waals surface area contributed by atoms with E-state index in [1.165, 1.54) is 25.7 Å². The van der Waals surface area contributed by atoms with Crippen molar-refractivity contribution in [2.75, 3.05) is 0 Å². The minimum atomic E-state index is 0.00403. The van der Waals surface area contributed by atoms with Crippen LogP contribution < -0.4 is 0 Å². The van der Waals surface area contributed by atoms with Gasteiger partial charge in [0.2, 0.25) is 0 Å². The molecule has 1 rings (SSSR count). The molecule has 0 aromatic carbocycles. The van der Waals surface area contributed by atoms with Gasteiger partial charge >= 0.3 is 0 Å². The predicted octanol–water partition coefficient (Wildman–Crippen LogP) is 2.97. The second-order valence-electron chi connectivity index (χ2n) is 4.18. The Balaban J connectivity index is 2.40. The second kappa shape index (κ2) is 4.86. The van der Waals surface area contributed by atoms with Crippen LogP contribution in [0.15, 0.2) is 0 Å². The van der Waals surface area contributed by atoms with E-state index in [1.807, 2.05) is 0 Å². The van der Waals surface area contributed by atoms with Crippen LogP contribution in [-0.4, -0.2) is 11.2 Å². The van der Waals surface area contributed by atoms with Crippen molar-refractivity contribution in [2.45, 2.75) is 58.5 Å². The first kappa shape index (κ1) is 10.0. The lowest BCUT2D eigenvalue weighted by Crippen LogP contribution is -2.27. The molecule has 12 heavy (non-hydrogen) atoms. The van der Waals surface area contributed by atoms with E-state index >= 15 is 0 Å². The highest BCUT2D eigenvalue weighted by molar-refractivity contribution is 4.78. The third kappa shape index (κ3) is 2.48. The third-order valence-corrected chi connectivity index (χ3v) is 3.30. The first-order chi connectivity index (χ1) is 5.77. The van der Waals surface area contributed by atoms with E-state index in [0.717, 1.165) is 24.7 Å². The van der Waals surface area contributed by atoms with Crippen molar-refractivity contribution in [3.05, 3.63) is 0 Å². The van der Waals surface area contributed by atoms with E-state index in [0.29, 0.717) is 0 Å². The standard InChI is InChI=1S/C11H22O/c1-3-5-10-8-11(12)7-6-9(10)4-2/h9-12H,3-8H2,1-2H3. The van der Waals surface area contributed by atoms with Gasteiger partial charge in [-0.25, -0.2) is 0 Å². The van der Waals surface area contributed by atoms with Crippen molar-refractivity contribution in [1.82, 2.24) is 0 Å². The maximum absolute atomic E-state index is 9.52. The van der Waals surface area contributed by atoms with Crippen molar-refractivity contribution >= 4 is 0 Å². The van der Waals surface area contributed by atoms with Crippen LogP contribution in [0.3, 0.4) is 0 Å². The van der Waals surface area contributed by atoms with Gasteiger partial charge in [0, 0.05) is 0 Å². The number of rotatable bonds is 3. The average molecular weight is 170 g/mol. The summed E-state index contributed by atoms with van der Waals surface area (Å²) < 4.78 is 0. The molecule has 0 amide bonds. The molecule has 1 saturated carbocycles. The fourth-order valence-corrected chi connectivity index (χ4v) is 2.56. The van der Waals surface area contributed by atoms with E-state index in [2.05, 4.69) is 13.8 Å². The molecule has 1 aliphatic carbocycles. The first-order valence-electron chi connectivity index (χ1n) is 5.46. The molecule has 1 fully saturated rings. The molecule has 1 heteroatoms. The second-order valence-corrected chi connectivity index (χ2v) is 4.18. The fraction of sp³-hybridized carbons (Fsp3) is 1.00. The lowest BCUT2D eigenvalue weighted by atomic mass is 9.74. The zero-order valence-electron chi connectivity index (χ0n) is 8.42. The SMILES string of the molecule is CCCC1CC(O)CCC1CC. The van der Waals surface area contributed by atoms with Gasteiger partial charge in [0.05, 0.1) is 6.10 Å². The summed E-state index contributed by atoms with van der Waals surface area (Å²) in [5, 5.41) is 9.52. The van der Waals surface area contributed by atoms with Gasteiger partial charge in [-0.15, -0.1) is 0 Å². The lowest BCUT2D eigenvalue weighted by Gasteiger charge is -2.33.